The molecule has 0 saturated carbocycles. The highest BCUT2D eigenvalue weighted by atomic mass is 79.9. The van der Waals surface area contributed by atoms with Crippen LogP contribution in [-0.4, -0.2) is 18.9 Å². The van der Waals surface area contributed by atoms with Crippen LogP contribution in [0.5, 0.6) is 5.75 Å². The maximum Gasteiger partial charge on any atom is 0.365 e. The monoisotopic (exact) mass is 382 g/mol. The van der Waals surface area contributed by atoms with Gasteiger partial charge in [0.05, 0.1) is 18.2 Å². The van der Waals surface area contributed by atoms with Crippen molar-refractivity contribution < 1.29 is 14.4 Å². The van der Waals surface area contributed by atoms with Gasteiger partial charge in [-0.05, 0) is 36.4 Å². The van der Waals surface area contributed by atoms with Gasteiger partial charge in [-0.1, -0.05) is 38.8 Å². The van der Waals surface area contributed by atoms with Crippen LogP contribution in [0.4, 0.5) is 0 Å². The third kappa shape index (κ3) is 3.99. The minimum Gasteiger partial charge on any atom is -0.496 e. The SMILES string of the molecule is COc1ccc(Cl)cc1/C(N)=N/OC(=O)c1cccc(Br)c1. The third-order valence-electron chi connectivity index (χ3n) is 2.72. The zero-order valence-electron chi connectivity index (χ0n) is 11.5. The number of methoxy groups -OCH3 is 1. The van der Waals surface area contributed by atoms with E-state index in [-0.39, 0.29) is 5.84 Å². The van der Waals surface area contributed by atoms with Crippen LogP contribution in [0.2, 0.25) is 5.02 Å². The van der Waals surface area contributed by atoms with E-state index >= 15 is 0 Å². The summed E-state index contributed by atoms with van der Waals surface area (Å²) in [7, 11) is 1.49. The quantitative estimate of drug-likeness (QED) is 0.379. The summed E-state index contributed by atoms with van der Waals surface area (Å²) in [5, 5.41) is 4.11. The van der Waals surface area contributed by atoms with E-state index in [1.54, 1.807) is 42.5 Å². The van der Waals surface area contributed by atoms with Gasteiger partial charge in [0.25, 0.3) is 0 Å². The maximum atomic E-state index is 11.9. The van der Waals surface area contributed by atoms with Crippen LogP contribution in [0.1, 0.15) is 15.9 Å². The van der Waals surface area contributed by atoms with Crippen LogP contribution in [0.15, 0.2) is 52.1 Å². The van der Waals surface area contributed by atoms with E-state index in [4.69, 9.17) is 26.9 Å². The van der Waals surface area contributed by atoms with E-state index < -0.39 is 5.97 Å². The Labute approximate surface area is 140 Å². The summed E-state index contributed by atoms with van der Waals surface area (Å²) in [5.41, 5.74) is 6.61. The topological polar surface area (TPSA) is 73.9 Å². The second kappa shape index (κ2) is 7.29. The van der Waals surface area contributed by atoms with Gasteiger partial charge in [-0.25, -0.2) is 4.79 Å². The van der Waals surface area contributed by atoms with Crippen molar-refractivity contribution in [2.45, 2.75) is 0 Å². The normalized spacial score (nSPS) is 11.1. The second-order valence-electron chi connectivity index (χ2n) is 4.21. The highest BCUT2D eigenvalue weighted by Crippen LogP contribution is 2.22. The van der Waals surface area contributed by atoms with Crippen molar-refractivity contribution in [3.8, 4) is 5.75 Å². The van der Waals surface area contributed by atoms with Gasteiger partial charge in [0.15, 0.2) is 5.84 Å². The zero-order valence-corrected chi connectivity index (χ0v) is 13.9. The molecular weight excluding hydrogens is 372 g/mol. The number of rotatable bonds is 4. The first-order chi connectivity index (χ1) is 10.5. The van der Waals surface area contributed by atoms with Crippen LogP contribution >= 0.6 is 27.5 Å². The number of nitrogens with zero attached hydrogens (tertiary/aromatic N) is 1. The molecule has 0 spiro atoms. The maximum absolute atomic E-state index is 11.9. The van der Waals surface area contributed by atoms with Gasteiger partial charge in [0.2, 0.25) is 0 Å². The molecule has 0 aromatic heterocycles. The lowest BCUT2D eigenvalue weighted by molar-refractivity contribution is 0.0516. The summed E-state index contributed by atoms with van der Waals surface area (Å²) < 4.78 is 5.92. The van der Waals surface area contributed by atoms with E-state index in [0.29, 0.717) is 21.9 Å². The average Bonchev–Trinajstić information content (AvgIpc) is 2.52. The molecule has 0 saturated heterocycles. The summed E-state index contributed by atoms with van der Waals surface area (Å²) in [6.07, 6.45) is 0. The Balaban J connectivity index is 2.19. The van der Waals surface area contributed by atoms with Gasteiger partial charge < -0.3 is 15.3 Å². The van der Waals surface area contributed by atoms with Crippen molar-refractivity contribution in [2.24, 2.45) is 10.9 Å². The molecule has 0 amide bonds. The van der Waals surface area contributed by atoms with Crippen molar-refractivity contribution >= 4 is 39.3 Å². The number of carbonyl (C=O) groups excluding carboxylic acids is 1. The largest absolute Gasteiger partial charge is 0.496 e. The molecule has 0 aliphatic carbocycles. The molecular formula is C15H12BrClN2O3. The van der Waals surface area contributed by atoms with Gasteiger partial charge in [-0.2, -0.15) is 0 Å². The summed E-state index contributed by atoms with van der Waals surface area (Å²) in [6.45, 7) is 0. The van der Waals surface area contributed by atoms with Crippen LogP contribution in [0.3, 0.4) is 0 Å². The number of hydrogen-bond donors (Lipinski definition) is 1. The van der Waals surface area contributed by atoms with Crippen molar-refractivity contribution in [3.63, 3.8) is 0 Å². The number of benzene rings is 2. The molecule has 0 aliphatic heterocycles. The Bertz CT molecular complexity index is 734. The minimum absolute atomic E-state index is 0.0114. The summed E-state index contributed by atoms with van der Waals surface area (Å²) in [6, 6.07) is 11.6. The van der Waals surface area contributed by atoms with Gasteiger partial charge in [0.1, 0.15) is 5.75 Å². The van der Waals surface area contributed by atoms with E-state index in [2.05, 4.69) is 21.1 Å². The molecule has 0 bridgehead atoms. The van der Waals surface area contributed by atoms with Crippen LogP contribution in [0, 0.1) is 0 Å². The highest BCUT2D eigenvalue weighted by molar-refractivity contribution is 9.10. The van der Waals surface area contributed by atoms with Crippen molar-refractivity contribution in [1.29, 1.82) is 0 Å². The molecule has 0 unspecified atom stereocenters. The highest BCUT2D eigenvalue weighted by Gasteiger charge is 2.11. The predicted octanol–water partition coefficient (Wildman–Crippen LogP) is 3.59. The van der Waals surface area contributed by atoms with E-state index in [0.717, 1.165) is 4.47 Å². The Morgan fingerprint density at radius 1 is 1.27 bits per heavy atom. The van der Waals surface area contributed by atoms with Gasteiger partial charge >= 0.3 is 5.97 Å². The standard InChI is InChI=1S/C15H12BrClN2O3/c1-21-13-6-5-11(17)8-12(13)14(18)19-22-15(20)9-3-2-4-10(16)7-9/h2-8H,1H3,(H2,18,19). The fourth-order valence-corrected chi connectivity index (χ4v) is 2.26. The number of ether oxygens (including phenoxy) is 1. The van der Waals surface area contributed by atoms with E-state index in [1.807, 2.05) is 0 Å². The molecule has 2 aromatic carbocycles. The van der Waals surface area contributed by atoms with Crippen molar-refractivity contribution in [3.05, 3.63) is 63.1 Å². The van der Waals surface area contributed by atoms with Crippen molar-refractivity contribution in [1.82, 2.24) is 0 Å². The second-order valence-corrected chi connectivity index (χ2v) is 5.56. The van der Waals surface area contributed by atoms with Gasteiger partial charge in [-0.15, -0.1) is 0 Å². The molecule has 0 atom stereocenters. The molecule has 22 heavy (non-hydrogen) atoms. The molecule has 7 heteroatoms. The first-order valence-electron chi connectivity index (χ1n) is 6.15. The Kier molecular flexibility index (Phi) is 5.41. The molecule has 0 radical (unpaired) electrons. The van der Waals surface area contributed by atoms with Crippen LogP contribution < -0.4 is 10.5 Å². The predicted molar refractivity (Wildman–Crippen MR) is 88.3 cm³/mol. The molecule has 0 aliphatic rings. The molecule has 0 heterocycles. The summed E-state index contributed by atoms with van der Waals surface area (Å²) >= 11 is 9.19. The number of hydrogen-bond acceptors (Lipinski definition) is 4. The van der Waals surface area contributed by atoms with Crippen LogP contribution in [0.25, 0.3) is 0 Å². The molecule has 5 nitrogen and oxygen atoms in total. The minimum atomic E-state index is -0.620. The Morgan fingerprint density at radius 2 is 2.05 bits per heavy atom. The number of halogens is 2. The Hall–Kier alpha value is -2.05. The first kappa shape index (κ1) is 16.3. The smallest absolute Gasteiger partial charge is 0.365 e. The lowest BCUT2D eigenvalue weighted by atomic mass is 10.2. The number of amidine groups is 1. The Morgan fingerprint density at radius 3 is 2.73 bits per heavy atom. The summed E-state index contributed by atoms with van der Waals surface area (Å²) in [4.78, 5) is 16.7. The number of nitrogens with two attached hydrogens (primary N) is 1. The fourth-order valence-electron chi connectivity index (χ4n) is 1.69. The van der Waals surface area contributed by atoms with Crippen molar-refractivity contribution in [2.75, 3.05) is 7.11 Å². The lowest BCUT2D eigenvalue weighted by Crippen LogP contribution is -2.16. The lowest BCUT2D eigenvalue weighted by Gasteiger charge is -2.07. The van der Waals surface area contributed by atoms with E-state index in [1.165, 1.54) is 7.11 Å². The van der Waals surface area contributed by atoms with Gasteiger partial charge in [0, 0.05) is 9.50 Å². The number of oxime groups is 1. The molecule has 114 valence electrons. The van der Waals surface area contributed by atoms with Crippen LogP contribution in [-0.2, 0) is 4.84 Å². The fraction of sp³-hybridized carbons (Fsp3) is 0.0667. The van der Waals surface area contributed by atoms with E-state index in [9.17, 15) is 4.79 Å². The van der Waals surface area contributed by atoms with Gasteiger partial charge in [-0.3, -0.25) is 0 Å². The third-order valence-corrected chi connectivity index (χ3v) is 3.45. The molecule has 2 rings (SSSR count). The average molecular weight is 384 g/mol. The zero-order chi connectivity index (χ0) is 16.1. The number of carbonyl (C=O) groups is 1. The molecule has 0 fully saturated rings. The summed E-state index contributed by atoms with van der Waals surface area (Å²) in [5.74, 6) is -0.155. The molecule has 2 aromatic rings. The first-order valence-corrected chi connectivity index (χ1v) is 7.32. The molecule has 2 N–H and O–H groups in total.